The summed E-state index contributed by atoms with van der Waals surface area (Å²) in [5.41, 5.74) is 5.26. The van der Waals surface area contributed by atoms with Crippen LogP contribution in [0.2, 0.25) is 0 Å². The number of hydrogen-bond acceptors (Lipinski definition) is 3. The lowest BCUT2D eigenvalue weighted by Crippen LogP contribution is -2.42. The average molecular weight is 254 g/mol. The second-order valence-corrected chi connectivity index (χ2v) is 4.00. The van der Waals surface area contributed by atoms with Crippen molar-refractivity contribution >= 4 is 5.91 Å². The molecule has 3 N–H and O–H groups in total. The number of primary amides is 1. The number of rotatable bonds is 8. The first-order valence-corrected chi connectivity index (χ1v) is 6.04. The van der Waals surface area contributed by atoms with Crippen LogP contribution in [-0.2, 0) is 4.79 Å². The summed E-state index contributed by atoms with van der Waals surface area (Å²) < 4.78 is 18.2. The molecule has 5 heteroatoms. The van der Waals surface area contributed by atoms with E-state index in [1.54, 1.807) is 12.1 Å². The Balaban J connectivity index is 2.36. The Kier molecular flexibility index (Phi) is 6.14. The summed E-state index contributed by atoms with van der Waals surface area (Å²) >= 11 is 0. The molecule has 0 spiro atoms. The lowest BCUT2D eigenvalue weighted by molar-refractivity contribution is -0.120. The first-order valence-electron chi connectivity index (χ1n) is 6.04. The van der Waals surface area contributed by atoms with Crippen LogP contribution in [-0.4, -0.2) is 25.1 Å². The minimum atomic E-state index is -0.404. The van der Waals surface area contributed by atoms with E-state index in [2.05, 4.69) is 5.32 Å². The molecule has 0 fully saturated rings. The number of carbonyl (C=O) groups excluding carboxylic acids is 1. The van der Waals surface area contributed by atoms with E-state index in [0.29, 0.717) is 18.8 Å². The van der Waals surface area contributed by atoms with Gasteiger partial charge in [-0.2, -0.15) is 0 Å². The molecule has 1 amide bonds. The molecule has 1 rings (SSSR count). The molecule has 100 valence electrons. The largest absolute Gasteiger partial charge is 0.493 e. The van der Waals surface area contributed by atoms with Gasteiger partial charge in [-0.05, 0) is 25.1 Å². The van der Waals surface area contributed by atoms with Gasteiger partial charge < -0.3 is 15.8 Å². The molecule has 0 saturated carbocycles. The van der Waals surface area contributed by atoms with Crippen LogP contribution < -0.4 is 15.8 Å². The minimum absolute atomic E-state index is 0.313. The fourth-order valence-corrected chi connectivity index (χ4v) is 1.51. The predicted molar refractivity (Wildman–Crippen MR) is 67.8 cm³/mol. The van der Waals surface area contributed by atoms with Gasteiger partial charge >= 0.3 is 0 Å². The van der Waals surface area contributed by atoms with Crippen LogP contribution in [0.4, 0.5) is 4.39 Å². The highest BCUT2D eigenvalue weighted by atomic mass is 19.1. The Morgan fingerprint density at radius 3 is 2.94 bits per heavy atom. The molecule has 1 atom stereocenters. The molecule has 0 aliphatic rings. The Morgan fingerprint density at radius 2 is 2.33 bits per heavy atom. The van der Waals surface area contributed by atoms with Crippen molar-refractivity contribution in [1.29, 1.82) is 0 Å². The van der Waals surface area contributed by atoms with Crippen molar-refractivity contribution in [3.8, 4) is 5.75 Å². The number of amides is 1. The van der Waals surface area contributed by atoms with E-state index in [-0.39, 0.29) is 5.82 Å². The molecule has 0 radical (unpaired) electrons. The maximum atomic E-state index is 12.9. The standard InChI is InChI=1S/C13H19FN2O2/c1-2-7-16-12(13(15)17)6-8-18-11-5-3-4-10(14)9-11/h3-5,9,12,16H,2,6-8H2,1H3,(H2,15,17). The molecular formula is C13H19FN2O2. The number of hydrogen-bond donors (Lipinski definition) is 2. The minimum Gasteiger partial charge on any atom is -0.493 e. The van der Waals surface area contributed by atoms with Crippen LogP contribution in [0.25, 0.3) is 0 Å². The highest BCUT2D eigenvalue weighted by Gasteiger charge is 2.13. The van der Waals surface area contributed by atoms with Crippen molar-refractivity contribution < 1.29 is 13.9 Å². The highest BCUT2D eigenvalue weighted by molar-refractivity contribution is 5.79. The summed E-state index contributed by atoms with van der Waals surface area (Å²) in [6.07, 6.45) is 1.39. The zero-order valence-corrected chi connectivity index (χ0v) is 10.5. The molecule has 1 unspecified atom stereocenters. The summed E-state index contributed by atoms with van der Waals surface area (Å²) in [7, 11) is 0. The van der Waals surface area contributed by atoms with Gasteiger partial charge in [0.05, 0.1) is 12.6 Å². The molecule has 0 aromatic heterocycles. The Bertz CT molecular complexity index is 385. The molecule has 0 aliphatic carbocycles. The molecule has 0 saturated heterocycles. The third-order valence-corrected chi connectivity index (χ3v) is 2.46. The van der Waals surface area contributed by atoms with Crippen LogP contribution in [0.3, 0.4) is 0 Å². The van der Waals surface area contributed by atoms with Crippen LogP contribution in [0.1, 0.15) is 19.8 Å². The summed E-state index contributed by atoms with van der Waals surface area (Å²) in [5, 5.41) is 3.04. The predicted octanol–water partition coefficient (Wildman–Crippen LogP) is 1.45. The zero-order chi connectivity index (χ0) is 13.4. The lowest BCUT2D eigenvalue weighted by atomic mass is 10.2. The van der Waals surface area contributed by atoms with Gasteiger partial charge in [0.15, 0.2) is 0 Å². The first-order chi connectivity index (χ1) is 8.63. The number of nitrogens with one attached hydrogen (secondary N) is 1. The summed E-state index contributed by atoms with van der Waals surface area (Å²) in [6, 6.07) is 5.49. The van der Waals surface area contributed by atoms with Crippen LogP contribution in [0.15, 0.2) is 24.3 Å². The monoisotopic (exact) mass is 254 g/mol. The smallest absolute Gasteiger partial charge is 0.234 e. The summed E-state index contributed by atoms with van der Waals surface area (Å²) in [6.45, 7) is 3.05. The molecule has 4 nitrogen and oxygen atoms in total. The fraction of sp³-hybridized carbons (Fsp3) is 0.462. The van der Waals surface area contributed by atoms with E-state index >= 15 is 0 Å². The Morgan fingerprint density at radius 1 is 1.56 bits per heavy atom. The molecule has 0 bridgehead atoms. The van der Waals surface area contributed by atoms with E-state index in [9.17, 15) is 9.18 Å². The number of nitrogens with two attached hydrogens (primary N) is 1. The SMILES string of the molecule is CCCNC(CCOc1cccc(F)c1)C(N)=O. The molecule has 18 heavy (non-hydrogen) atoms. The third kappa shape index (κ3) is 5.14. The van der Waals surface area contributed by atoms with Gasteiger partial charge in [0, 0.05) is 12.5 Å². The van der Waals surface area contributed by atoms with E-state index in [1.165, 1.54) is 12.1 Å². The van der Waals surface area contributed by atoms with E-state index in [0.717, 1.165) is 13.0 Å². The number of ether oxygens (including phenoxy) is 1. The van der Waals surface area contributed by atoms with Gasteiger partial charge in [-0.15, -0.1) is 0 Å². The first kappa shape index (κ1) is 14.4. The second kappa shape index (κ2) is 7.66. The van der Waals surface area contributed by atoms with Gasteiger partial charge in [0.2, 0.25) is 5.91 Å². The quantitative estimate of drug-likeness (QED) is 0.738. The van der Waals surface area contributed by atoms with Crippen LogP contribution in [0.5, 0.6) is 5.75 Å². The maximum absolute atomic E-state index is 12.9. The average Bonchev–Trinajstić information content (AvgIpc) is 2.33. The second-order valence-electron chi connectivity index (χ2n) is 4.00. The lowest BCUT2D eigenvalue weighted by Gasteiger charge is -2.15. The zero-order valence-electron chi connectivity index (χ0n) is 10.5. The van der Waals surface area contributed by atoms with Gasteiger partial charge in [0.25, 0.3) is 0 Å². The van der Waals surface area contributed by atoms with Crippen LogP contribution in [0, 0.1) is 5.82 Å². The van der Waals surface area contributed by atoms with Crippen molar-refractivity contribution in [2.45, 2.75) is 25.8 Å². The van der Waals surface area contributed by atoms with Crippen LogP contribution >= 0.6 is 0 Å². The van der Waals surface area contributed by atoms with Crippen molar-refractivity contribution in [2.24, 2.45) is 5.73 Å². The Labute approximate surface area is 106 Å². The van der Waals surface area contributed by atoms with Gasteiger partial charge in [-0.1, -0.05) is 13.0 Å². The van der Waals surface area contributed by atoms with Gasteiger partial charge in [-0.3, -0.25) is 4.79 Å². The molecule has 0 aliphatic heterocycles. The molecular weight excluding hydrogens is 235 g/mol. The van der Waals surface area contributed by atoms with Crippen molar-refractivity contribution in [3.63, 3.8) is 0 Å². The van der Waals surface area contributed by atoms with E-state index in [4.69, 9.17) is 10.5 Å². The summed E-state index contributed by atoms with van der Waals surface area (Å²) in [4.78, 5) is 11.1. The summed E-state index contributed by atoms with van der Waals surface area (Å²) in [5.74, 6) is -0.289. The van der Waals surface area contributed by atoms with E-state index in [1.807, 2.05) is 6.92 Å². The molecule has 1 aromatic carbocycles. The van der Waals surface area contributed by atoms with Gasteiger partial charge in [-0.25, -0.2) is 4.39 Å². The molecule has 1 aromatic rings. The maximum Gasteiger partial charge on any atom is 0.234 e. The third-order valence-electron chi connectivity index (χ3n) is 2.46. The highest BCUT2D eigenvalue weighted by Crippen LogP contribution is 2.12. The molecule has 0 heterocycles. The van der Waals surface area contributed by atoms with Crippen molar-refractivity contribution in [3.05, 3.63) is 30.1 Å². The van der Waals surface area contributed by atoms with E-state index < -0.39 is 11.9 Å². The van der Waals surface area contributed by atoms with Crippen molar-refractivity contribution in [2.75, 3.05) is 13.2 Å². The number of carbonyl (C=O) groups is 1. The van der Waals surface area contributed by atoms with Crippen molar-refractivity contribution in [1.82, 2.24) is 5.32 Å². The normalized spacial score (nSPS) is 12.1. The number of benzene rings is 1. The number of halogens is 1. The Hall–Kier alpha value is -1.62. The fourth-order valence-electron chi connectivity index (χ4n) is 1.51. The topological polar surface area (TPSA) is 64.3 Å². The van der Waals surface area contributed by atoms with Gasteiger partial charge in [0.1, 0.15) is 11.6 Å².